The monoisotopic (exact) mass is 271 g/mol. The fourth-order valence-corrected chi connectivity index (χ4v) is 1.79. The van der Waals surface area contributed by atoms with Crippen molar-refractivity contribution in [2.75, 3.05) is 0 Å². The number of Topliss-reactive ketones (excluding diaryl/α,β-unsaturated/α-hetero) is 1. The van der Waals surface area contributed by atoms with E-state index in [9.17, 15) is 14.9 Å². The molecule has 0 amide bonds. The van der Waals surface area contributed by atoms with Gasteiger partial charge in [-0.2, -0.15) is 0 Å². The standard InChI is InChI=1S/C15H13NO4/c1-10-5-3-4-6-14(10)20-15-8-7-12(16(18)19)9-13(15)11(2)17/h3-9H,1-2H3. The number of benzene rings is 2. The van der Waals surface area contributed by atoms with Crippen molar-refractivity contribution in [3.05, 3.63) is 63.7 Å². The van der Waals surface area contributed by atoms with Gasteiger partial charge in [0.15, 0.2) is 5.78 Å². The number of carbonyl (C=O) groups excluding carboxylic acids is 1. The number of ether oxygens (including phenoxy) is 1. The number of ketones is 1. The zero-order chi connectivity index (χ0) is 14.7. The third-order valence-electron chi connectivity index (χ3n) is 2.87. The SMILES string of the molecule is CC(=O)c1cc([N+](=O)[O-])ccc1Oc1ccccc1C. The molecule has 0 aliphatic rings. The summed E-state index contributed by atoms with van der Waals surface area (Å²) >= 11 is 0. The van der Waals surface area contributed by atoms with Gasteiger partial charge in [0.1, 0.15) is 11.5 Å². The van der Waals surface area contributed by atoms with Gasteiger partial charge in [-0.15, -0.1) is 0 Å². The van der Waals surface area contributed by atoms with Crippen LogP contribution in [-0.2, 0) is 0 Å². The lowest BCUT2D eigenvalue weighted by molar-refractivity contribution is -0.384. The van der Waals surface area contributed by atoms with E-state index >= 15 is 0 Å². The molecule has 0 spiro atoms. The average Bonchev–Trinajstić information content (AvgIpc) is 2.41. The number of hydrogen-bond acceptors (Lipinski definition) is 4. The Labute approximate surface area is 116 Å². The van der Waals surface area contributed by atoms with Crippen molar-refractivity contribution in [3.63, 3.8) is 0 Å². The number of nitro benzene ring substituents is 1. The van der Waals surface area contributed by atoms with E-state index < -0.39 is 4.92 Å². The molecule has 0 bridgehead atoms. The fraction of sp³-hybridized carbons (Fsp3) is 0.133. The lowest BCUT2D eigenvalue weighted by Crippen LogP contribution is -1.99. The number of non-ortho nitro benzene ring substituents is 1. The van der Waals surface area contributed by atoms with Crippen LogP contribution in [0.25, 0.3) is 0 Å². The molecule has 0 saturated carbocycles. The summed E-state index contributed by atoms with van der Waals surface area (Å²) in [5.74, 6) is 0.651. The van der Waals surface area contributed by atoms with Gasteiger partial charge in [-0.25, -0.2) is 0 Å². The lowest BCUT2D eigenvalue weighted by Gasteiger charge is -2.11. The Kier molecular flexibility index (Phi) is 3.79. The lowest BCUT2D eigenvalue weighted by atomic mass is 10.1. The van der Waals surface area contributed by atoms with Gasteiger partial charge in [-0.1, -0.05) is 18.2 Å². The Bertz CT molecular complexity index is 679. The summed E-state index contributed by atoms with van der Waals surface area (Å²) in [4.78, 5) is 21.8. The predicted octanol–water partition coefficient (Wildman–Crippen LogP) is 3.90. The molecule has 2 rings (SSSR count). The van der Waals surface area contributed by atoms with Crippen LogP contribution in [0.3, 0.4) is 0 Å². The van der Waals surface area contributed by atoms with Gasteiger partial charge in [0.05, 0.1) is 10.5 Å². The molecule has 0 saturated heterocycles. The number of carbonyl (C=O) groups is 1. The minimum atomic E-state index is -0.538. The first-order valence-electron chi connectivity index (χ1n) is 6.02. The first-order valence-corrected chi connectivity index (χ1v) is 6.02. The highest BCUT2D eigenvalue weighted by molar-refractivity contribution is 5.97. The van der Waals surface area contributed by atoms with E-state index in [1.165, 1.54) is 25.1 Å². The smallest absolute Gasteiger partial charge is 0.270 e. The maximum atomic E-state index is 11.6. The van der Waals surface area contributed by atoms with Gasteiger partial charge >= 0.3 is 0 Å². The minimum absolute atomic E-state index is 0.132. The Balaban J connectivity index is 2.44. The van der Waals surface area contributed by atoms with Gasteiger partial charge in [0.25, 0.3) is 5.69 Å². The molecule has 0 N–H and O–H groups in total. The second kappa shape index (κ2) is 5.52. The first kappa shape index (κ1) is 13.7. The average molecular weight is 271 g/mol. The van der Waals surface area contributed by atoms with Crippen molar-refractivity contribution < 1.29 is 14.5 Å². The maximum Gasteiger partial charge on any atom is 0.270 e. The van der Waals surface area contributed by atoms with Crippen molar-refractivity contribution in [2.45, 2.75) is 13.8 Å². The van der Waals surface area contributed by atoms with E-state index in [0.717, 1.165) is 5.56 Å². The first-order chi connectivity index (χ1) is 9.49. The van der Waals surface area contributed by atoms with Crippen molar-refractivity contribution in [3.8, 4) is 11.5 Å². The van der Waals surface area contributed by atoms with Crippen molar-refractivity contribution in [1.29, 1.82) is 0 Å². The molecule has 20 heavy (non-hydrogen) atoms. The Morgan fingerprint density at radius 2 is 1.85 bits per heavy atom. The Hall–Kier alpha value is -2.69. The normalized spacial score (nSPS) is 10.1. The zero-order valence-corrected chi connectivity index (χ0v) is 11.1. The van der Waals surface area contributed by atoms with Gasteiger partial charge in [0, 0.05) is 12.1 Å². The van der Waals surface area contributed by atoms with Gasteiger partial charge in [-0.05, 0) is 31.5 Å². The molecule has 5 nitrogen and oxygen atoms in total. The van der Waals surface area contributed by atoms with Gasteiger partial charge in [-0.3, -0.25) is 14.9 Å². The fourth-order valence-electron chi connectivity index (χ4n) is 1.79. The quantitative estimate of drug-likeness (QED) is 0.480. The van der Waals surface area contributed by atoms with Crippen LogP contribution in [0.15, 0.2) is 42.5 Å². The highest BCUT2D eigenvalue weighted by Crippen LogP contribution is 2.30. The van der Waals surface area contributed by atoms with Crippen LogP contribution in [0.5, 0.6) is 11.5 Å². The number of aryl methyl sites for hydroxylation is 1. The highest BCUT2D eigenvalue weighted by Gasteiger charge is 2.16. The van der Waals surface area contributed by atoms with E-state index in [1.54, 1.807) is 6.07 Å². The number of hydrogen-bond donors (Lipinski definition) is 0. The third-order valence-corrected chi connectivity index (χ3v) is 2.87. The molecule has 0 aromatic heterocycles. The summed E-state index contributed by atoms with van der Waals surface area (Å²) in [7, 11) is 0. The molecular formula is C15H13NO4. The van der Waals surface area contributed by atoms with E-state index in [2.05, 4.69) is 0 Å². The molecular weight excluding hydrogens is 258 g/mol. The van der Waals surface area contributed by atoms with Crippen LogP contribution in [0.2, 0.25) is 0 Å². The van der Waals surface area contributed by atoms with Crippen LogP contribution in [0.1, 0.15) is 22.8 Å². The molecule has 102 valence electrons. The second-order valence-corrected chi connectivity index (χ2v) is 4.36. The second-order valence-electron chi connectivity index (χ2n) is 4.36. The molecule has 2 aromatic rings. The van der Waals surface area contributed by atoms with E-state index in [0.29, 0.717) is 11.5 Å². The zero-order valence-electron chi connectivity index (χ0n) is 11.1. The summed E-state index contributed by atoms with van der Waals surface area (Å²) in [6.07, 6.45) is 0. The molecule has 2 aromatic carbocycles. The summed E-state index contributed by atoms with van der Waals surface area (Å²) in [5, 5.41) is 10.8. The number of nitro groups is 1. The molecule has 0 fully saturated rings. The van der Waals surface area contributed by atoms with Crippen molar-refractivity contribution in [1.82, 2.24) is 0 Å². The molecule has 0 atom stereocenters. The molecule has 5 heteroatoms. The third kappa shape index (κ3) is 2.83. The molecule has 0 aliphatic heterocycles. The van der Waals surface area contributed by atoms with Crippen LogP contribution < -0.4 is 4.74 Å². The summed E-state index contributed by atoms with van der Waals surface area (Å²) in [6, 6.07) is 11.4. The predicted molar refractivity (Wildman–Crippen MR) is 74.4 cm³/mol. The van der Waals surface area contributed by atoms with Crippen LogP contribution >= 0.6 is 0 Å². The molecule has 0 heterocycles. The van der Waals surface area contributed by atoms with E-state index in [1.807, 2.05) is 25.1 Å². The van der Waals surface area contributed by atoms with Crippen molar-refractivity contribution in [2.24, 2.45) is 0 Å². The summed E-state index contributed by atoms with van der Waals surface area (Å²) in [6.45, 7) is 3.23. The molecule has 0 aliphatic carbocycles. The topological polar surface area (TPSA) is 69.4 Å². The number of nitrogens with zero attached hydrogens (tertiary/aromatic N) is 1. The Morgan fingerprint density at radius 1 is 1.15 bits per heavy atom. The minimum Gasteiger partial charge on any atom is -0.456 e. The largest absolute Gasteiger partial charge is 0.456 e. The summed E-state index contributed by atoms with van der Waals surface area (Å²) in [5.41, 5.74) is 0.982. The van der Waals surface area contributed by atoms with E-state index in [4.69, 9.17) is 4.74 Å². The number of para-hydroxylation sites is 1. The van der Waals surface area contributed by atoms with E-state index in [-0.39, 0.29) is 17.0 Å². The van der Waals surface area contributed by atoms with Crippen molar-refractivity contribution >= 4 is 11.5 Å². The molecule has 0 unspecified atom stereocenters. The van der Waals surface area contributed by atoms with Crippen LogP contribution in [0.4, 0.5) is 5.69 Å². The Morgan fingerprint density at radius 3 is 2.45 bits per heavy atom. The van der Waals surface area contributed by atoms with Crippen LogP contribution in [0, 0.1) is 17.0 Å². The molecule has 0 radical (unpaired) electrons. The van der Waals surface area contributed by atoms with Crippen LogP contribution in [-0.4, -0.2) is 10.7 Å². The van der Waals surface area contributed by atoms with Gasteiger partial charge < -0.3 is 4.74 Å². The highest BCUT2D eigenvalue weighted by atomic mass is 16.6. The number of rotatable bonds is 4. The van der Waals surface area contributed by atoms with Gasteiger partial charge in [0.2, 0.25) is 0 Å². The maximum absolute atomic E-state index is 11.6. The summed E-state index contributed by atoms with van der Waals surface area (Å²) < 4.78 is 5.69.